The molecule has 0 saturated heterocycles. The van der Waals surface area contributed by atoms with Gasteiger partial charge in [-0.25, -0.2) is 19.9 Å². The van der Waals surface area contributed by atoms with Crippen LogP contribution in [0.1, 0.15) is 0 Å². The van der Waals surface area contributed by atoms with E-state index in [4.69, 9.17) is 40.4 Å². The van der Waals surface area contributed by atoms with Gasteiger partial charge in [-0.2, -0.15) is 0 Å². The zero-order chi connectivity index (χ0) is 61.1. The van der Waals surface area contributed by atoms with Crippen LogP contribution in [0.3, 0.4) is 0 Å². The maximum absolute atomic E-state index is 9.38. The summed E-state index contributed by atoms with van der Waals surface area (Å²) < 4.78 is 17.4. The van der Waals surface area contributed by atoms with Crippen molar-refractivity contribution < 1.29 is 18.9 Å². The molecule has 0 amide bonds. The SMILES string of the molecule is Clc1ccc2oc3nc4c5ccccc5c5ccccc5c4nc3c2c1.OB(O)c1cccc(-c2cccc3c2sc2ccccc23)c1.c1cc(-c2ccc3oc4nc5c6ccccc6c6ccccc6c5nc4c3c2)cc(-c2cccc3c2sc2ccccc23)c1. The molecule has 92 heavy (non-hydrogen) atoms. The van der Waals surface area contributed by atoms with E-state index in [1.165, 1.54) is 73.0 Å². The molecule has 0 saturated carbocycles. The van der Waals surface area contributed by atoms with Gasteiger partial charge in [-0.15, -0.1) is 22.7 Å². The lowest BCUT2D eigenvalue weighted by atomic mass is 9.79. The Bertz CT molecular complexity index is 6430. The van der Waals surface area contributed by atoms with Crippen molar-refractivity contribution >= 4 is 197 Å². The molecule has 432 valence electrons. The fourth-order valence-corrected chi connectivity index (χ4v) is 16.1. The molecule has 0 radical (unpaired) electrons. The van der Waals surface area contributed by atoms with Crippen LogP contribution in [-0.4, -0.2) is 37.1 Å². The summed E-state index contributed by atoms with van der Waals surface area (Å²) in [5.74, 6) is 0. The molecule has 2 N–H and O–H groups in total. The largest absolute Gasteiger partial charge is 0.488 e. The highest BCUT2D eigenvalue weighted by atomic mass is 35.5. The molecule has 0 unspecified atom stereocenters. The molecule has 0 aliphatic carbocycles. The van der Waals surface area contributed by atoms with Gasteiger partial charge in [0.2, 0.25) is 11.4 Å². The molecular weight excluding hydrogens is 1190 g/mol. The van der Waals surface area contributed by atoms with Crippen LogP contribution in [0.15, 0.2) is 276 Å². The summed E-state index contributed by atoms with van der Waals surface area (Å²) in [7, 11) is -1.44. The lowest BCUT2D eigenvalue weighted by Gasteiger charge is -2.09. The minimum Gasteiger partial charge on any atom is -0.436 e. The van der Waals surface area contributed by atoms with Crippen LogP contribution in [0.5, 0.6) is 0 Å². The van der Waals surface area contributed by atoms with E-state index < -0.39 is 7.12 Å². The van der Waals surface area contributed by atoms with E-state index in [9.17, 15) is 10.0 Å². The number of rotatable bonds is 4. The van der Waals surface area contributed by atoms with Gasteiger partial charge in [-0.1, -0.05) is 230 Å². The van der Waals surface area contributed by atoms with Crippen LogP contribution >= 0.6 is 34.3 Å². The molecule has 0 aliphatic rings. The molecule has 20 rings (SSSR count). The van der Waals surface area contributed by atoms with Crippen LogP contribution in [0.2, 0.25) is 5.02 Å². The Morgan fingerprint density at radius 2 is 0.674 bits per heavy atom. The van der Waals surface area contributed by atoms with Gasteiger partial charge in [0.1, 0.15) is 33.2 Å². The van der Waals surface area contributed by atoms with Crippen molar-refractivity contribution in [2.75, 3.05) is 0 Å². The van der Waals surface area contributed by atoms with Crippen molar-refractivity contribution in [2.45, 2.75) is 0 Å². The van der Waals surface area contributed by atoms with E-state index in [2.05, 4.69) is 206 Å². The van der Waals surface area contributed by atoms with E-state index in [1.807, 2.05) is 65.9 Å². The van der Waals surface area contributed by atoms with Gasteiger partial charge in [0.25, 0.3) is 0 Å². The van der Waals surface area contributed by atoms with Crippen molar-refractivity contribution in [2.24, 2.45) is 0 Å². The lowest BCUT2D eigenvalue weighted by molar-refractivity contribution is 0.426. The topological polar surface area (TPSA) is 118 Å². The Kier molecular flexibility index (Phi) is 12.7. The van der Waals surface area contributed by atoms with E-state index >= 15 is 0 Å². The second-order valence-electron chi connectivity index (χ2n) is 23.0. The maximum Gasteiger partial charge on any atom is 0.488 e. The summed E-state index contributed by atoms with van der Waals surface area (Å²) in [6.45, 7) is 0. The number of fused-ring (bicyclic) bond motifs is 24. The number of aromatic nitrogens is 4. The molecule has 0 bridgehead atoms. The number of hydrogen-bond acceptors (Lipinski definition) is 10. The van der Waals surface area contributed by atoms with Crippen LogP contribution in [-0.2, 0) is 0 Å². The average Bonchev–Trinajstić information content (AvgIpc) is 1.19. The van der Waals surface area contributed by atoms with Gasteiger partial charge < -0.3 is 18.9 Å². The summed E-state index contributed by atoms with van der Waals surface area (Å²) in [6.07, 6.45) is 0. The van der Waals surface area contributed by atoms with Crippen molar-refractivity contribution in [1.82, 2.24) is 19.9 Å². The fraction of sp³-hybridized carbons (Fsp3) is 0. The Labute approximate surface area is 537 Å². The predicted molar refractivity (Wildman–Crippen MR) is 387 cm³/mol. The van der Waals surface area contributed by atoms with Crippen LogP contribution in [0, 0.1) is 0 Å². The molecule has 0 spiro atoms. The van der Waals surface area contributed by atoms with Crippen LogP contribution < -0.4 is 5.46 Å². The molecule has 6 heterocycles. The van der Waals surface area contributed by atoms with E-state index in [-0.39, 0.29) is 0 Å². The van der Waals surface area contributed by atoms with Gasteiger partial charge in [0.15, 0.2) is 0 Å². The standard InChI is InChI=1S/C40H22N2OS.C22H11ClN2O.C18H13BO2S/c1-3-14-30-27(11-1)28-12-2-4-15-31(28)37-36(30)41-38-33-22-24(19-20-34(33)43-40(38)42-37)23-9-7-10-25(21-23)26-16-8-17-32-29-13-5-6-18-35(29)44-39(26)32;23-12-9-10-18-17(11-12)21-22(26-18)25-20-16-8-4-2-6-14(16)13-5-1-3-7-15(13)19(20)24-21;20-19(21)13-6-3-5-12(11-13)14-8-4-9-16-15-7-1-2-10-17(15)22-18(14)16/h1-22H;1-11H;1-11,20-21H. The first-order chi connectivity index (χ1) is 45.3. The van der Waals surface area contributed by atoms with Crippen molar-refractivity contribution in [3.05, 3.63) is 272 Å². The molecule has 8 nitrogen and oxygen atoms in total. The Balaban J connectivity index is 0.000000111. The predicted octanol–water partition coefficient (Wildman–Crippen LogP) is 21.4. The first-order valence-electron chi connectivity index (χ1n) is 30.2. The highest BCUT2D eigenvalue weighted by molar-refractivity contribution is 7.26. The van der Waals surface area contributed by atoms with Crippen molar-refractivity contribution in [3.63, 3.8) is 0 Å². The Hall–Kier alpha value is -10.9. The molecule has 0 fully saturated rings. The zero-order valence-electron chi connectivity index (χ0n) is 48.7. The number of nitrogens with zero attached hydrogens (tertiary/aromatic N) is 4. The summed E-state index contributed by atoms with van der Waals surface area (Å²) in [5.41, 5.74) is 15.1. The van der Waals surface area contributed by atoms with E-state index in [1.54, 1.807) is 17.4 Å². The van der Waals surface area contributed by atoms with Gasteiger partial charge in [-0.3, -0.25) is 0 Å². The van der Waals surface area contributed by atoms with Gasteiger partial charge in [-0.05, 0) is 109 Å². The number of halogens is 1. The summed E-state index contributed by atoms with van der Waals surface area (Å²) in [6, 6.07) is 91.7. The van der Waals surface area contributed by atoms with Crippen LogP contribution in [0.4, 0.5) is 0 Å². The number of hydrogen-bond donors (Lipinski definition) is 2. The van der Waals surface area contributed by atoms with Crippen molar-refractivity contribution in [3.8, 4) is 33.4 Å². The van der Waals surface area contributed by atoms with Gasteiger partial charge in [0, 0.05) is 72.3 Å². The molecule has 0 aliphatic heterocycles. The molecule has 20 aromatic rings. The summed E-state index contributed by atoms with van der Waals surface area (Å²) in [5, 5.41) is 35.5. The minimum atomic E-state index is -1.44. The molecule has 12 heteroatoms. The Morgan fingerprint density at radius 1 is 0.293 bits per heavy atom. The third kappa shape index (κ3) is 8.88. The number of benzene rings is 14. The molecular formula is C80H46BClN4O4S2. The summed E-state index contributed by atoms with van der Waals surface area (Å²) in [4.78, 5) is 20.1. The van der Waals surface area contributed by atoms with E-state index in [0.29, 0.717) is 21.9 Å². The quantitative estimate of drug-likeness (QED) is 0.132. The monoisotopic (exact) mass is 1240 g/mol. The second-order valence-corrected chi connectivity index (χ2v) is 25.6. The third-order valence-electron chi connectivity index (χ3n) is 17.7. The van der Waals surface area contributed by atoms with Crippen LogP contribution in [0.25, 0.3) is 183 Å². The van der Waals surface area contributed by atoms with E-state index in [0.717, 1.165) is 98.8 Å². The molecule has 0 atom stereocenters. The average molecular weight is 1240 g/mol. The lowest BCUT2D eigenvalue weighted by Crippen LogP contribution is -2.29. The first-order valence-corrected chi connectivity index (χ1v) is 32.2. The third-order valence-corrected chi connectivity index (χ3v) is 20.4. The second kappa shape index (κ2) is 21.7. The van der Waals surface area contributed by atoms with Crippen molar-refractivity contribution in [1.29, 1.82) is 0 Å². The smallest absolute Gasteiger partial charge is 0.436 e. The molecule has 14 aromatic carbocycles. The highest BCUT2D eigenvalue weighted by Gasteiger charge is 2.21. The Morgan fingerprint density at radius 3 is 1.17 bits per heavy atom. The van der Waals surface area contributed by atoms with Gasteiger partial charge in [0.05, 0.1) is 16.4 Å². The zero-order valence-corrected chi connectivity index (χ0v) is 51.1. The first kappa shape index (κ1) is 54.1. The summed E-state index contributed by atoms with van der Waals surface area (Å²) >= 11 is 9.81. The fourth-order valence-electron chi connectivity index (χ4n) is 13.4. The minimum absolute atomic E-state index is 0.510. The maximum atomic E-state index is 9.38. The normalized spacial score (nSPS) is 11.9. The van der Waals surface area contributed by atoms with Gasteiger partial charge >= 0.3 is 7.12 Å². The highest BCUT2D eigenvalue weighted by Crippen LogP contribution is 2.44. The number of thiophene rings is 2. The number of furan rings is 2. The molecule has 6 aromatic heterocycles.